The molecule has 0 saturated carbocycles. The van der Waals surface area contributed by atoms with Crippen LogP contribution in [-0.2, 0) is 4.79 Å². The van der Waals surface area contributed by atoms with Gasteiger partial charge in [-0.2, -0.15) is 0 Å². The monoisotopic (exact) mass is 288 g/mol. The molecule has 4 nitrogen and oxygen atoms in total. The zero-order valence-corrected chi connectivity index (χ0v) is 9.36. The molecule has 0 aliphatic heterocycles. The maximum atomic E-state index is 12.7. The summed E-state index contributed by atoms with van der Waals surface area (Å²) in [7, 11) is 0. The third kappa shape index (κ3) is 2.90. The molecule has 0 aliphatic rings. The highest BCUT2D eigenvalue weighted by Gasteiger charge is 2.12. The number of halogens is 2. The molecule has 84 valence electrons. The van der Waals surface area contributed by atoms with Crippen molar-refractivity contribution in [3.63, 3.8) is 0 Å². The largest absolute Gasteiger partial charge is 0.502 e. The first-order chi connectivity index (χ1) is 7.41. The van der Waals surface area contributed by atoms with Crippen LogP contribution >= 0.6 is 15.9 Å². The predicted octanol–water partition coefficient (Wildman–Crippen LogP) is 2.30. The molecule has 0 radical (unpaired) electrons. The van der Waals surface area contributed by atoms with E-state index in [2.05, 4.69) is 15.9 Å². The van der Waals surface area contributed by atoms with Crippen LogP contribution in [0, 0.1) is 5.82 Å². The summed E-state index contributed by atoms with van der Waals surface area (Å²) in [6, 6.07) is 3.32. The van der Waals surface area contributed by atoms with E-state index in [-0.39, 0.29) is 10.0 Å². The Morgan fingerprint density at radius 2 is 1.94 bits per heavy atom. The van der Waals surface area contributed by atoms with Crippen molar-refractivity contribution in [3.05, 3.63) is 45.9 Å². The summed E-state index contributed by atoms with van der Waals surface area (Å²) in [5, 5.41) is 17.2. The summed E-state index contributed by atoms with van der Waals surface area (Å²) in [5.41, 5.74) is 0.0641. The number of aliphatic hydroxyl groups is 1. The summed E-state index contributed by atoms with van der Waals surface area (Å²) < 4.78 is 12.9. The van der Waals surface area contributed by atoms with Gasteiger partial charge >= 0.3 is 5.97 Å². The van der Waals surface area contributed by atoms with Crippen molar-refractivity contribution < 1.29 is 24.2 Å². The number of aliphatic hydroxyl groups excluding tert-OH is 1. The number of benzene rings is 1. The number of carboxylic acids is 1. The minimum Gasteiger partial charge on any atom is -0.502 e. The zero-order chi connectivity index (χ0) is 12.3. The van der Waals surface area contributed by atoms with E-state index in [1.165, 1.54) is 6.07 Å². The second-order valence-electron chi connectivity index (χ2n) is 2.82. The third-order valence-electron chi connectivity index (χ3n) is 1.68. The maximum Gasteiger partial charge on any atom is 0.371 e. The quantitative estimate of drug-likeness (QED) is 0.508. The van der Waals surface area contributed by atoms with Gasteiger partial charge in [0.1, 0.15) is 5.82 Å². The highest BCUT2D eigenvalue weighted by molar-refractivity contribution is 9.10. The fraction of sp³-hybridized carbons (Fsp3) is 0. The lowest BCUT2D eigenvalue weighted by atomic mass is 10.1. The number of ketones is 1. The molecule has 1 aromatic rings. The van der Waals surface area contributed by atoms with Gasteiger partial charge in [0, 0.05) is 16.1 Å². The predicted molar refractivity (Wildman–Crippen MR) is 56.8 cm³/mol. The number of hydrogen-bond donors (Lipinski definition) is 2. The van der Waals surface area contributed by atoms with Crippen LogP contribution in [0.4, 0.5) is 4.39 Å². The first-order valence-corrected chi connectivity index (χ1v) is 4.84. The molecular weight excluding hydrogens is 283 g/mol. The lowest BCUT2D eigenvalue weighted by molar-refractivity contribution is -0.135. The van der Waals surface area contributed by atoms with Gasteiger partial charge in [0.2, 0.25) is 5.76 Å². The second-order valence-corrected chi connectivity index (χ2v) is 3.68. The summed E-state index contributed by atoms with van der Waals surface area (Å²) in [4.78, 5) is 21.7. The van der Waals surface area contributed by atoms with E-state index in [0.717, 1.165) is 12.1 Å². The molecule has 1 rings (SSSR count). The van der Waals surface area contributed by atoms with Gasteiger partial charge in [-0.1, -0.05) is 0 Å². The molecule has 0 aromatic heterocycles. The second kappa shape index (κ2) is 4.89. The van der Waals surface area contributed by atoms with Crippen molar-refractivity contribution in [3.8, 4) is 0 Å². The van der Waals surface area contributed by atoms with E-state index in [1.54, 1.807) is 0 Å². The van der Waals surface area contributed by atoms with Crippen LogP contribution in [0.3, 0.4) is 0 Å². The van der Waals surface area contributed by atoms with Gasteiger partial charge in [-0.05, 0) is 34.1 Å². The average Bonchev–Trinajstić information content (AvgIpc) is 2.16. The Morgan fingerprint density at radius 1 is 1.31 bits per heavy atom. The van der Waals surface area contributed by atoms with E-state index in [0.29, 0.717) is 6.08 Å². The molecule has 0 unspecified atom stereocenters. The third-order valence-corrected chi connectivity index (χ3v) is 2.34. The Labute approximate surface area is 98.1 Å². The molecule has 0 bridgehead atoms. The number of carbonyl (C=O) groups excluding carboxylic acids is 1. The molecule has 0 atom stereocenters. The summed E-state index contributed by atoms with van der Waals surface area (Å²) >= 11 is 2.96. The topological polar surface area (TPSA) is 74.6 Å². The number of allylic oxidation sites excluding steroid dienone is 1. The van der Waals surface area contributed by atoms with Crippen molar-refractivity contribution in [1.82, 2.24) is 0 Å². The highest BCUT2D eigenvalue weighted by Crippen LogP contribution is 2.19. The van der Waals surface area contributed by atoms with Crippen LogP contribution in [0.15, 0.2) is 34.5 Å². The molecule has 0 saturated heterocycles. The van der Waals surface area contributed by atoms with Gasteiger partial charge in [0.25, 0.3) is 0 Å². The average molecular weight is 289 g/mol. The molecule has 0 fully saturated rings. The minimum atomic E-state index is -1.61. The lowest BCUT2D eigenvalue weighted by Crippen LogP contribution is -2.04. The Balaban J connectivity index is 3.07. The Hall–Kier alpha value is -1.69. The van der Waals surface area contributed by atoms with Gasteiger partial charge in [-0.3, -0.25) is 4.79 Å². The minimum absolute atomic E-state index is 0.0641. The van der Waals surface area contributed by atoms with Crippen LogP contribution in [0.1, 0.15) is 10.4 Å². The standard InChI is InChI=1S/C10H6BrFO4/c11-7-3-5(12)1-2-6(7)8(13)4-9(14)10(15)16/h1-4,14H,(H,15,16)/b9-4+. The molecule has 0 aliphatic carbocycles. The SMILES string of the molecule is O=C(O)/C(O)=C\C(=O)c1ccc(F)cc1Br. The number of aliphatic carboxylic acids is 1. The molecule has 0 heterocycles. The summed E-state index contributed by atoms with van der Waals surface area (Å²) in [6.45, 7) is 0. The van der Waals surface area contributed by atoms with E-state index < -0.39 is 23.3 Å². The van der Waals surface area contributed by atoms with Gasteiger partial charge in [-0.25, -0.2) is 9.18 Å². The first kappa shape index (κ1) is 12.4. The van der Waals surface area contributed by atoms with Crippen molar-refractivity contribution >= 4 is 27.7 Å². The van der Waals surface area contributed by atoms with Crippen LogP contribution in [0.2, 0.25) is 0 Å². The van der Waals surface area contributed by atoms with Crippen molar-refractivity contribution in [1.29, 1.82) is 0 Å². The van der Waals surface area contributed by atoms with Crippen molar-refractivity contribution in [2.45, 2.75) is 0 Å². The smallest absolute Gasteiger partial charge is 0.371 e. The molecule has 16 heavy (non-hydrogen) atoms. The highest BCUT2D eigenvalue weighted by atomic mass is 79.9. The first-order valence-electron chi connectivity index (χ1n) is 4.05. The number of rotatable bonds is 3. The van der Waals surface area contributed by atoms with Crippen molar-refractivity contribution in [2.75, 3.05) is 0 Å². The molecular formula is C10H6BrFO4. The van der Waals surface area contributed by atoms with Crippen LogP contribution in [0.25, 0.3) is 0 Å². The zero-order valence-electron chi connectivity index (χ0n) is 7.78. The van der Waals surface area contributed by atoms with Gasteiger partial charge < -0.3 is 10.2 Å². The Kier molecular flexibility index (Phi) is 3.78. The summed E-state index contributed by atoms with van der Waals surface area (Å²) in [5.74, 6) is -3.94. The Bertz CT molecular complexity index is 482. The molecule has 6 heteroatoms. The number of hydrogen-bond acceptors (Lipinski definition) is 3. The normalized spacial score (nSPS) is 11.2. The van der Waals surface area contributed by atoms with Crippen LogP contribution in [0.5, 0.6) is 0 Å². The fourth-order valence-electron chi connectivity index (χ4n) is 0.953. The van der Waals surface area contributed by atoms with E-state index >= 15 is 0 Å². The lowest BCUT2D eigenvalue weighted by Gasteiger charge is -2.00. The molecule has 0 spiro atoms. The van der Waals surface area contributed by atoms with E-state index in [1.807, 2.05) is 0 Å². The molecule has 1 aromatic carbocycles. The fourth-order valence-corrected chi connectivity index (χ4v) is 1.50. The van der Waals surface area contributed by atoms with Gasteiger partial charge in [0.05, 0.1) is 0 Å². The van der Waals surface area contributed by atoms with Crippen molar-refractivity contribution in [2.24, 2.45) is 0 Å². The van der Waals surface area contributed by atoms with E-state index in [4.69, 9.17) is 10.2 Å². The van der Waals surface area contributed by atoms with Crippen LogP contribution < -0.4 is 0 Å². The number of carboxylic acid groups (broad SMARTS) is 1. The maximum absolute atomic E-state index is 12.7. The summed E-state index contributed by atoms with van der Waals surface area (Å²) in [6.07, 6.45) is 0.556. The Morgan fingerprint density at radius 3 is 2.44 bits per heavy atom. The molecule has 2 N–H and O–H groups in total. The van der Waals surface area contributed by atoms with Gasteiger partial charge in [0.15, 0.2) is 5.78 Å². The van der Waals surface area contributed by atoms with E-state index in [9.17, 15) is 14.0 Å². The molecule has 0 amide bonds. The van der Waals surface area contributed by atoms with Crippen LogP contribution in [-0.4, -0.2) is 22.0 Å². The van der Waals surface area contributed by atoms with Gasteiger partial charge in [-0.15, -0.1) is 0 Å². The number of carbonyl (C=O) groups is 2.